The van der Waals surface area contributed by atoms with Gasteiger partial charge in [0.15, 0.2) is 11.5 Å². The van der Waals surface area contributed by atoms with Gasteiger partial charge in [0.05, 0.1) is 23.0 Å². The van der Waals surface area contributed by atoms with Gasteiger partial charge < -0.3 is 9.84 Å². The molecule has 0 unspecified atom stereocenters. The second-order valence-corrected chi connectivity index (χ2v) is 6.74. The average molecular weight is 428 g/mol. The van der Waals surface area contributed by atoms with Gasteiger partial charge >= 0.3 is 5.97 Å². The van der Waals surface area contributed by atoms with Crippen molar-refractivity contribution in [2.24, 2.45) is 0 Å². The first-order valence-corrected chi connectivity index (χ1v) is 9.37. The predicted octanol–water partition coefficient (Wildman–Crippen LogP) is 4.90. The molecule has 0 saturated carbocycles. The molecule has 3 rings (SSSR count). The summed E-state index contributed by atoms with van der Waals surface area (Å²) in [6.07, 6.45) is -0.122. The first kappa shape index (κ1) is 19.0. The summed E-state index contributed by atoms with van der Waals surface area (Å²) in [5, 5.41) is 11.1. The number of aromatic nitrogens is 1. The van der Waals surface area contributed by atoms with Gasteiger partial charge in [0.2, 0.25) is 0 Å². The van der Waals surface area contributed by atoms with Gasteiger partial charge in [0, 0.05) is 11.8 Å². The molecule has 0 aliphatic carbocycles. The Kier molecular flexibility index (Phi) is 5.86. The van der Waals surface area contributed by atoms with Gasteiger partial charge in [0.25, 0.3) is 0 Å². The fourth-order valence-electron chi connectivity index (χ4n) is 2.79. The first-order chi connectivity index (χ1) is 13.0. The average Bonchev–Trinajstić information content (AvgIpc) is 2.69. The fourth-order valence-corrected chi connectivity index (χ4v) is 3.31. The highest BCUT2D eigenvalue weighted by Gasteiger charge is 2.20. The van der Waals surface area contributed by atoms with Gasteiger partial charge in [-0.25, -0.2) is 4.98 Å². The SMILES string of the molecule is CCOC(=O)CCC(=O)c1nc2cc(-c3ccccc3)ccc2c(Br)c1O. The lowest BCUT2D eigenvalue weighted by atomic mass is 10.0. The molecule has 27 heavy (non-hydrogen) atoms. The van der Waals surface area contributed by atoms with Gasteiger partial charge in [-0.15, -0.1) is 0 Å². The molecule has 0 radical (unpaired) electrons. The molecule has 0 aliphatic heterocycles. The predicted molar refractivity (Wildman–Crippen MR) is 107 cm³/mol. The summed E-state index contributed by atoms with van der Waals surface area (Å²) in [5.41, 5.74) is 2.52. The molecule has 1 N–H and O–H groups in total. The van der Waals surface area contributed by atoms with Crippen LogP contribution in [-0.2, 0) is 9.53 Å². The molecular formula is C21H18BrNO4. The van der Waals surface area contributed by atoms with Crippen molar-refractivity contribution in [3.05, 3.63) is 58.7 Å². The topological polar surface area (TPSA) is 76.5 Å². The molecule has 0 amide bonds. The van der Waals surface area contributed by atoms with E-state index in [0.29, 0.717) is 15.4 Å². The van der Waals surface area contributed by atoms with Crippen LogP contribution in [0.25, 0.3) is 22.0 Å². The third kappa shape index (κ3) is 4.17. The largest absolute Gasteiger partial charge is 0.504 e. The van der Waals surface area contributed by atoms with Gasteiger partial charge in [0.1, 0.15) is 5.69 Å². The molecule has 0 atom stereocenters. The van der Waals surface area contributed by atoms with E-state index < -0.39 is 11.8 Å². The zero-order valence-electron chi connectivity index (χ0n) is 14.7. The van der Waals surface area contributed by atoms with Gasteiger partial charge in [-0.3, -0.25) is 9.59 Å². The highest BCUT2D eigenvalue weighted by molar-refractivity contribution is 9.10. The molecule has 1 heterocycles. The monoisotopic (exact) mass is 427 g/mol. The minimum atomic E-state index is -0.448. The quantitative estimate of drug-likeness (QED) is 0.447. The number of aromatic hydroxyl groups is 1. The maximum Gasteiger partial charge on any atom is 0.306 e. The number of pyridine rings is 1. The van der Waals surface area contributed by atoms with Crippen LogP contribution in [0.4, 0.5) is 0 Å². The van der Waals surface area contributed by atoms with E-state index in [2.05, 4.69) is 20.9 Å². The summed E-state index contributed by atoms with van der Waals surface area (Å²) in [5.74, 6) is -1.08. The first-order valence-electron chi connectivity index (χ1n) is 8.57. The summed E-state index contributed by atoms with van der Waals surface area (Å²) in [7, 11) is 0. The van der Waals surface area contributed by atoms with Crippen molar-refractivity contribution in [2.45, 2.75) is 19.8 Å². The standard InChI is InChI=1S/C21H18BrNO4/c1-2-27-18(25)11-10-17(24)20-21(26)19(22)15-9-8-14(12-16(15)23-20)13-6-4-3-5-7-13/h3-9,12,26H,2,10-11H2,1H3. The van der Waals surface area contributed by atoms with Gasteiger partial charge in [-0.2, -0.15) is 0 Å². The molecule has 0 fully saturated rings. The number of hydrogen-bond acceptors (Lipinski definition) is 5. The Morgan fingerprint density at radius 3 is 2.52 bits per heavy atom. The molecule has 6 heteroatoms. The molecule has 0 saturated heterocycles. The van der Waals surface area contributed by atoms with E-state index in [1.165, 1.54) is 0 Å². The van der Waals surface area contributed by atoms with Crippen LogP contribution in [0.15, 0.2) is 53.0 Å². The maximum atomic E-state index is 12.5. The van der Waals surface area contributed by atoms with Crippen LogP contribution < -0.4 is 0 Å². The number of hydrogen-bond donors (Lipinski definition) is 1. The Hall–Kier alpha value is -2.73. The molecule has 138 valence electrons. The van der Waals surface area contributed by atoms with Crippen molar-refractivity contribution in [2.75, 3.05) is 6.61 Å². The molecule has 0 aliphatic rings. The van der Waals surface area contributed by atoms with Crippen molar-refractivity contribution < 1.29 is 19.4 Å². The van der Waals surface area contributed by atoms with Crippen molar-refractivity contribution in [3.8, 4) is 16.9 Å². The molecule has 1 aromatic heterocycles. The third-order valence-electron chi connectivity index (χ3n) is 4.13. The van der Waals surface area contributed by atoms with Gasteiger partial charge in [-0.05, 0) is 40.0 Å². The number of ketones is 1. The van der Waals surface area contributed by atoms with E-state index in [1.54, 1.807) is 6.92 Å². The van der Waals surface area contributed by atoms with E-state index in [1.807, 2.05) is 48.5 Å². The van der Waals surface area contributed by atoms with Crippen LogP contribution in [0, 0.1) is 0 Å². The lowest BCUT2D eigenvalue weighted by Crippen LogP contribution is -2.09. The number of benzene rings is 2. The van der Waals surface area contributed by atoms with Crippen LogP contribution in [-0.4, -0.2) is 28.4 Å². The van der Waals surface area contributed by atoms with E-state index in [0.717, 1.165) is 11.1 Å². The van der Waals surface area contributed by atoms with Crippen molar-refractivity contribution >= 4 is 38.6 Å². The number of nitrogens with zero attached hydrogens (tertiary/aromatic N) is 1. The number of halogens is 1. The maximum absolute atomic E-state index is 12.5. The second kappa shape index (κ2) is 8.31. The number of ether oxygens (including phenoxy) is 1. The zero-order chi connectivity index (χ0) is 19.4. The van der Waals surface area contributed by atoms with Crippen LogP contribution in [0.2, 0.25) is 0 Å². The van der Waals surface area contributed by atoms with Gasteiger partial charge in [-0.1, -0.05) is 42.5 Å². The number of carbonyl (C=O) groups excluding carboxylic acids is 2. The molecule has 0 spiro atoms. The highest BCUT2D eigenvalue weighted by Crippen LogP contribution is 2.36. The lowest BCUT2D eigenvalue weighted by molar-refractivity contribution is -0.143. The van der Waals surface area contributed by atoms with E-state index >= 15 is 0 Å². The number of rotatable bonds is 6. The molecule has 3 aromatic rings. The van der Waals surface area contributed by atoms with Crippen LogP contribution in [0.3, 0.4) is 0 Å². The molecule has 0 bridgehead atoms. The number of Topliss-reactive ketones (excluding diaryl/α,β-unsaturated/α-hetero) is 1. The summed E-state index contributed by atoms with van der Waals surface area (Å²) >= 11 is 3.35. The Balaban J connectivity index is 1.97. The van der Waals surface area contributed by atoms with Crippen LogP contribution in [0.1, 0.15) is 30.3 Å². The Morgan fingerprint density at radius 1 is 1.07 bits per heavy atom. The summed E-state index contributed by atoms with van der Waals surface area (Å²) in [6, 6.07) is 15.5. The Morgan fingerprint density at radius 2 is 1.81 bits per heavy atom. The van der Waals surface area contributed by atoms with Crippen LogP contribution in [0.5, 0.6) is 5.75 Å². The van der Waals surface area contributed by atoms with Crippen molar-refractivity contribution in [3.63, 3.8) is 0 Å². The smallest absolute Gasteiger partial charge is 0.306 e. The zero-order valence-corrected chi connectivity index (χ0v) is 16.3. The minimum Gasteiger partial charge on any atom is -0.504 e. The Labute approximate surface area is 165 Å². The summed E-state index contributed by atoms with van der Waals surface area (Å²) < 4.78 is 5.24. The van der Waals surface area contributed by atoms with E-state index in [-0.39, 0.29) is 30.9 Å². The number of carbonyl (C=O) groups is 2. The lowest BCUT2D eigenvalue weighted by Gasteiger charge is -2.10. The Bertz CT molecular complexity index is 1000. The van der Waals surface area contributed by atoms with E-state index in [4.69, 9.17) is 4.74 Å². The fraction of sp³-hybridized carbons (Fsp3) is 0.190. The minimum absolute atomic E-state index is 0.0481. The summed E-state index contributed by atoms with van der Waals surface area (Å²) in [6.45, 7) is 1.97. The molecule has 2 aromatic carbocycles. The summed E-state index contributed by atoms with van der Waals surface area (Å²) in [4.78, 5) is 28.3. The molecule has 5 nitrogen and oxygen atoms in total. The third-order valence-corrected chi connectivity index (χ3v) is 4.93. The highest BCUT2D eigenvalue weighted by atomic mass is 79.9. The van der Waals surface area contributed by atoms with Crippen molar-refractivity contribution in [1.82, 2.24) is 4.98 Å². The number of fused-ring (bicyclic) bond motifs is 1. The second-order valence-electron chi connectivity index (χ2n) is 5.95. The molecular weight excluding hydrogens is 410 g/mol. The number of esters is 1. The van der Waals surface area contributed by atoms with Crippen LogP contribution >= 0.6 is 15.9 Å². The van der Waals surface area contributed by atoms with E-state index in [9.17, 15) is 14.7 Å². The normalized spacial score (nSPS) is 10.7. The van der Waals surface area contributed by atoms with Crippen molar-refractivity contribution in [1.29, 1.82) is 0 Å².